The van der Waals surface area contributed by atoms with Gasteiger partial charge in [-0.05, 0) is 44.0 Å². The van der Waals surface area contributed by atoms with Crippen molar-refractivity contribution in [1.82, 2.24) is 5.32 Å². The summed E-state index contributed by atoms with van der Waals surface area (Å²) in [5.41, 5.74) is 1.33. The van der Waals surface area contributed by atoms with Gasteiger partial charge in [0.05, 0.1) is 6.26 Å². The van der Waals surface area contributed by atoms with Crippen LogP contribution in [0.15, 0.2) is 34.9 Å². The normalized spacial score (nSPS) is 12.6. The molecule has 0 fully saturated rings. The van der Waals surface area contributed by atoms with Crippen LogP contribution in [0.4, 0.5) is 8.78 Å². The van der Waals surface area contributed by atoms with Gasteiger partial charge in [-0.1, -0.05) is 19.1 Å². The van der Waals surface area contributed by atoms with Crippen molar-refractivity contribution in [2.45, 2.75) is 32.7 Å². The average molecular weight is 279 g/mol. The Morgan fingerprint density at radius 2 is 2.10 bits per heavy atom. The Labute approximate surface area is 117 Å². The minimum Gasteiger partial charge on any atom is -0.469 e. The standard InChI is InChI=1S/C16H19F2NO/c1-3-7-19-15(13-8-11(2)20-10-13)9-12-5-4-6-14(17)16(12)18/h4-6,8,10,15,19H,3,7,9H2,1-2H3. The van der Waals surface area contributed by atoms with Crippen molar-refractivity contribution >= 4 is 0 Å². The van der Waals surface area contributed by atoms with Gasteiger partial charge in [-0.2, -0.15) is 0 Å². The van der Waals surface area contributed by atoms with Crippen molar-refractivity contribution in [2.75, 3.05) is 6.54 Å². The molecular weight excluding hydrogens is 260 g/mol. The quantitative estimate of drug-likeness (QED) is 0.859. The second kappa shape index (κ2) is 6.66. The molecular formula is C16H19F2NO. The van der Waals surface area contributed by atoms with Crippen LogP contribution in [-0.4, -0.2) is 6.54 Å². The highest BCUT2D eigenvalue weighted by Crippen LogP contribution is 2.23. The smallest absolute Gasteiger partial charge is 0.162 e. The Morgan fingerprint density at radius 3 is 2.75 bits per heavy atom. The van der Waals surface area contributed by atoms with Gasteiger partial charge in [-0.25, -0.2) is 8.78 Å². The van der Waals surface area contributed by atoms with Gasteiger partial charge in [-0.3, -0.25) is 0 Å². The molecule has 20 heavy (non-hydrogen) atoms. The lowest BCUT2D eigenvalue weighted by molar-refractivity contribution is 0.472. The monoisotopic (exact) mass is 279 g/mol. The van der Waals surface area contributed by atoms with Crippen molar-refractivity contribution in [2.24, 2.45) is 0 Å². The van der Waals surface area contributed by atoms with Gasteiger partial charge in [0.1, 0.15) is 5.76 Å². The molecule has 0 radical (unpaired) electrons. The molecule has 1 atom stereocenters. The molecule has 1 heterocycles. The van der Waals surface area contributed by atoms with E-state index in [1.807, 2.05) is 13.0 Å². The summed E-state index contributed by atoms with van der Waals surface area (Å²) in [5, 5.41) is 3.35. The number of benzene rings is 1. The molecule has 0 aliphatic rings. The summed E-state index contributed by atoms with van der Waals surface area (Å²) in [6, 6.07) is 6.13. The highest BCUT2D eigenvalue weighted by Gasteiger charge is 2.17. The van der Waals surface area contributed by atoms with Gasteiger partial charge in [0.25, 0.3) is 0 Å². The number of halogens is 2. The van der Waals surface area contributed by atoms with Gasteiger partial charge in [-0.15, -0.1) is 0 Å². The van der Waals surface area contributed by atoms with E-state index >= 15 is 0 Å². The third kappa shape index (κ3) is 3.45. The second-order valence-electron chi connectivity index (χ2n) is 4.91. The van der Waals surface area contributed by atoms with E-state index in [0.29, 0.717) is 12.0 Å². The summed E-state index contributed by atoms with van der Waals surface area (Å²) in [6.07, 6.45) is 3.03. The molecule has 1 aromatic carbocycles. The number of hydrogen-bond donors (Lipinski definition) is 1. The van der Waals surface area contributed by atoms with E-state index in [0.717, 1.165) is 30.4 Å². The fraction of sp³-hybridized carbons (Fsp3) is 0.375. The highest BCUT2D eigenvalue weighted by atomic mass is 19.2. The van der Waals surface area contributed by atoms with Crippen LogP contribution in [0.5, 0.6) is 0 Å². The molecule has 1 N–H and O–H groups in total. The minimum absolute atomic E-state index is 0.0799. The Balaban J connectivity index is 2.21. The molecule has 0 aliphatic heterocycles. The second-order valence-corrected chi connectivity index (χ2v) is 4.91. The van der Waals surface area contributed by atoms with E-state index in [2.05, 4.69) is 12.2 Å². The van der Waals surface area contributed by atoms with Gasteiger partial charge < -0.3 is 9.73 Å². The average Bonchev–Trinajstić information content (AvgIpc) is 2.86. The number of rotatable bonds is 6. The first-order valence-electron chi connectivity index (χ1n) is 6.83. The molecule has 0 aliphatic carbocycles. The first-order chi connectivity index (χ1) is 9.61. The molecule has 0 saturated carbocycles. The molecule has 0 saturated heterocycles. The van der Waals surface area contributed by atoms with Gasteiger partial charge in [0, 0.05) is 11.6 Å². The molecule has 0 bridgehead atoms. The number of hydrogen-bond acceptors (Lipinski definition) is 2. The van der Waals surface area contributed by atoms with E-state index in [1.165, 1.54) is 6.07 Å². The largest absolute Gasteiger partial charge is 0.469 e. The fourth-order valence-corrected chi connectivity index (χ4v) is 2.20. The number of aryl methyl sites for hydroxylation is 1. The van der Waals surface area contributed by atoms with Crippen LogP contribution in [0, 0.1) is 18.6 Å². The molecule has 1 aromatic heterocycles. The maximum atomic E-state index is 13.8. The Hall–Kier alpha value is -1.68. The first kappa shape index (κ1) is 14.7. The van der Waals surface area contributed by atoms with Crippen LogP contribution in [0.25, 0.3) is 0 Å². The Kier molecular flexibility index (Phi) is 4.90. The van der Waals surface area contributed by atoms with Gasteiger partial charge in [0.15, 0.2) is 11.6 Å². The summed E-state index contributed by atoms with van der Waals surface area (Å²) < 4.78 is 32.4. The Bertz CT molecular complexity index is 565. The van der Waals surface area contributed by atoms with Crippen LogP contribution in [0.3, 0.4) is 0 Å². The van der Waals surface area contributed by atoms with Crippen LogP contribution in [-0.2, 0) is 6.42 Å². The number of nitrogens with one attached hydrogen (secondary N) is 1. The lowest BCUT2D eigenvalue weighted by Gasteiger charge is -2.17. The maximum Gasteiger partial charge on any atom is 0.162 e. The predicted octanol–water partition coefficient (Wildman–Crippen LogP) is 4.15. The van der Waals surface area contributed by atoms with E-state index in [-0.39, 0.29) is 6.04 Å². The van der Waals surface area contributed by atoms with Crippen molar-refractivity contribution in [3.05, 3.63) is 59.1 Å². The SMILES string of the molecule is CCCNC(Cc1cccc(F)c1F)c1coc(C)c1. The van der Waals surface area contributed by atoms with Crippen LogP contribution < -0.4 is 5.32 Å². The molecule has 1 unspecified atom stereocenters. The third-order valence-electron chi connectivity index (χ3n) is 3.25. The summed E-state index contributed by atoms with van der Waals surface area (Å²) in [6.45, 7) is 4.74. The van der Waals surface area contributed by atoms with Gasteiger partial charge >= 0.3 is 0 Å². The summed E-state index contributed by atoms with van der Waals surface area (Å²) in [5.74, 6) is -0.765. The molecule has 2 aromatic rings. The van der Waals surface area contributed by atoms with Crippen LogP contribution >= 0.6 is 0 Å². The molecule has 108 valence electrons. The zero-order valence-corrected chi connectivity index (χ0v) is 11.7. The zero-order valence-electron chi connectivity index (χ0n) is 11.7. The first-order valence-corrected chi connectivity index (χ1v) is 6.83. The van der Waals surface area contributed by atoms with E-state index in [4.69, 9.17) is 4.42 Å². The Morgan fingerprint density at radius 1 is 1.30 bits per heavy atom. The van der Waals surface area contributed by atoms with Gasteiger partial charge in [0.2, 0.25) is 0 Å². The molecule has 4 heteroatoms. The lowest BCUT2D eigenvalue weighted by atomic mass is 10.00. The summed E-state index contributed by atoms with van der Waals surface area (Å²) in [7, 11) is 0. The molecule has 0 spiro atoms. The van der Waals surface area contributed by atoms with Crippen molar-refractivity contribution in [3.8, 4) is 0 Å². The molecule has 2 rings (SSSR count). The molecule has 2 nitrogen and oxygen atoms in total. The topological polar surface area (TPSA) is 25.2 Å². The van der Waals surface area contributed by atoms with Crippen LogP contribution in [0.1, 0.15) is 36.3 Å². The highest BCUT2D eigenvalue weighted by molar-refractivity contribution is 5.24. The van der Waals surface area contributed by atoms with E-state index in [1.54, 1.807) is 12.3 Å². The van der Waals surface area contributed by atoms with Crippen molar-refractivity contribution < 1.29 is 13.2 Å². The van der Waals surface area contributed by atoms with Crippen molar-refractivity contribution in [3.63, 3.8) is 0 Å². The summed E-state index contributed by atoms with van der Waals surface area (Å²) >= 11 is 0. The summed E-state index contributed by atoms with van der Waals surface area (Å²) in [4.78, 5) is 0. The van der Waals surface area contributed by atoms with Crippen molar-refractivity contribution in [1.29, 1.82) is 0 Å². The van der Waals surface area contributed by atoms with Crippen LogP contribution in [0.2, 0.25) is 0 Å². The lowest BCUT2D eigenvalue weighted by Crippen LogP contribution is -2.24. The maximum absolute atomic E-state index is 13.8. The zero-order chi connectivity index (χ0) is 14.5. The minimum atomic E-state index is -0.805. The fourth-order valence-electron chi connectivity index (χ4n) is 2.20. The predicted molar refractivity (Wildman–Crippen MR) is 74.5 cm³/mol. The van der Waals surface area contributed by atoms with E-state index < -0.39 is 11.6 Å². The third-order valence-corrected chi connectivity index (χ3v) is 3.25. The molecule has 0 amide bonds. The number of furan rings is 1. The van der Waals surface area contributed by atoms with E-state index in [9.17, 15) is 8.78 Å².